The standard InChI is InChI=1S/C68H48/c1-5-21-61-53(13-1)17-9-25-65(61)57-37-45-29-46(38-57)34-48-31-50(42-59(40-48)67-27-11-19-55-15-3-7-23-63(55)67)36-52-32-51(43-60(44-52)68-28-12-20-56-16-4-8-24-64(56)68)35-49-30-47(33-45)39-58(41-49)66-26-10-18-54-14-2-6-22-62(54)66/h1-32,37-44H,33-36H2. The summed E-state index contributed by atoms with van der Waals surface area (Å²) < 4.78 is 0. The summed E-state index contributed by atoms with van der Waals surface area (Å²) in [6.45, 7) is 0. The lowest BCUT2D eigenvalue weighted by atomic mass is 9.87. The Balaban J connectivity index is 1.04. The maximum absolute atomic E-state index is 2.48. The van der Waals surface area contributed by atoms with Crippen molar-refractivity contribution in [1.82, 2.24) is 0 Å². The molecule has 0 radical (unpaired) electrons. The van der Waals surface area contributed by atoms with E-state index in [-0.39, 0.29) is 0 Å². The van der Waals surface area contributed by atoms with Crippen molar-refractivity contribution in [3.05, 3.63) is 287 Å². The number of hydrogen-bond acceptors (Lipinski definition) is 0. The van der Waals surface area contributed by atoms with E-state index in [9.17, 15) is 0 Å². The monoisotopic (exact) mass is 864 g/mol. The average Bonchev–Trinajstić information content (AvgIpc) is 3.37. The molecule has 0 spiro atoms. The van der Waals surface area contributed by atoms with Crippen LogP contribution in [0, 0.1) is 0 Å². The summed E-state index contributed by atoms with van der Waals surface area (Å²) in [4.78, 5) is 0. The second-order valence-corrected chi connectivity index (χ2v) is 19.0. The lowest BCUT2D eigenvalue weighted by Gasteiger charge is -2.18. The quantitative estimate of drug-likeness (QED) is 0.165. The van der Waals surface area contributed by atoms with E-state index in [1.807, 2.05) is 0 Å². The molecule has 8 bridgehead atoms. The van der Waals surface area contributed by atoms with Gasteiger partial charge in [0.15, 0.2) is 0 Å². The van der Waals surface area contributed by atoms with E-state index in [0.717, 1.165) is 25.7 Å². The molecule has 12 aromatic carbocycles. The molecule has 0 unspecified atom stereocenters. The number of benzene rings is 12. The Kier molecular flexibility index (Phi) is 9.90. The van der Waals surface area contributed by atoms with E-state index in [1.165, 1.54) is 132 Å². The van der Waals surface area contributed by atoms with Gasteiger partial charge in [-0.1, -0.05) is 243 Å². The molecule has 0 N–H and O–H groups in total. The van der Waals surface area contributed by atoms with Gasteiger partial charge in [0, 0.05) is 0 Å². The SMILES string of the molecule is c1ccc2c(-c3cc4cc(c3)Cc3cc(cc(-c5cccc6ccccc56)c3)Cc3cc(cc(-c5cccc6ccccc56)c3)Cc3cc(cc(-c5cccc6ccccc56)c3)C4)cccc2c1. The first-order valence-corrected chi connectivity index (χ1v) is 24.0. The smallest absolute Gasteiger partial charge is 0.00251 e. The molecule has 0 aliphatic heterocycles. The number of rotatable bonds is 4. The third-order valence-electron chi connectivity index (χ3n) is 14.2. The van der Waals surface area contributed by atoms with Crippen molar-refractivity contribution in [2.24, 2.45) is 0 Å². The first kappa shape index (κ1) is 40.0. The van der Waals surface area contributed by atoms with Gasteiger partial charge in [-0.2, -0.15) is 0 Å². The van der Waals surface area contributed by atoms with Crippen molar-refractivity contribution >= 4 is 43.1 Å². The third kappa shape index (κ3) is 7.65. The van der Waals surface area contributed by atoms with E-state index >= 15 is 0 Å². The molecular weight excluding hydrogens is 817 g/mol. The summed E-state index contributed by atoms with van der Waals surface area (Å²) in [7, 11) is 0. The Bertz CT molecular complexity index is 3300. The van der Waals surface area contributed by atoms with Crippen molar-refractivity contribution < 1.29 is 0 Å². The summed E-state index contributed by atoms with van der Waals surface area (Å²) in [5, 5.41) is 10.2. The van der Waals surface area contributed by atoms with Gasteiger partial charge in [0.2, 0.25) is 0 Å². The van der Waals surface area contributed by atoms with Crippen LogP contribution in [-0.2, 0) is 25.7 Å². The molecule has 0 heteroatoms. The lowest BCUT2D eigenvalue weighted by Crippen LogP contribution is -2.01. The highest BCUT2D eigenvalue weighted by Gasteiger charge is 2.16. The van der Waals surface area contributed by atoms with E-state index in [1.54, 1.807) is 0 Å². The van der Waals surface area contributed by atoms with E-state index in [2.05, 4.69) is 243 Å². The summed E-state index contributed by atoms with van der Waals surface area (Å²) in [5.74, 6) is 0. The van der Waals surface area contributed by atoms with Gasteiger partial charge in [0.25, 0.3) is 0 Å². The number of hydrogen-bond donors (Lipinski definition) is 0. The molecule has 0 heterocycles. The Morgan fingerprint density at radius 1 is 0.176 bits per heavy atom. The Morgan fingerprint density at radius 2 is 0.368 bits per heavy atom. The average molecular weight is 865 g/mol. The molecule has 13 rings (SSSR count). The van der Waals surface area contributed by atoms with Gasteiger partial charge < -0.3 is 0 Å². The van der Waals surface area contributed by atoms with Gasteiger partial charge in [-0.3, -0.25) is 0 Å². The Labute approximate surface area is 398 Å². The second-order valence-electron chi connectivity index (χ2n) is 19.0. The molecule has 320 valence electrons. The maximum Gasteiger partial charge on any atom is -0.00251 e. The molecule has 0 saturated heterocycles. The van der Waals surface area contributed by atoms with Gasteiger partial charge >= 0.3 is 0 Å². The van der Waals surface area contributed by atoms with Crippen LogP contribution in [0.3, 0.4) is 0 Å². The van der Waals surface area contributed by atoms with Crippen LogP contribution >= 0.6 is 0 Å². The van der Waals surface area contributed by atoms with Crippen molar-refractivity contribution in [3.8, 4) is 44.5 Å². The minimum Gasteiger partial charge on any atom is -0.0616 e. The second kappa shape index (κ2) is 16.8. The lowest BCUT2D eigenvalue weighted by molar-refractivity contribution is 1.09. The minimum atomic E-state index is 0.819. The topological polar surface area (TPSA) is 0 Å². The molecule has 0 fully saturated rings. The minimum absolute atomic E-state index is 0.819. The largest absolute Gasteiger partial charge is 0.0616 e. The molecule has 0 atom stereocenters. The molecule has 68 heavy (non-hydrogen) atoms. The van der Waals surface area contributed by atoms with Crippen LogP contribution in [0.25, 0.3) is 87.6 Å². The summed E-state index contributed by atoms with van der Waals surface area (Å²) >= 11 is 0. The van der Waals surface area contributed by atoms with Crippen molar-refractivity contribution in [2.45, 2.75) is 25.7 Å². The molecular formula is C68H48. The first-order chi connectivity index (χ1) is 33.6. The van der Waals surface area contributed by atoms with Crippen LogP contribution in [0.5, 0.6) is 0 Å². The first-order valence-electron chi connectivity index (χ1n) is 24.0. The van der Waals surface area contributed by atoms with Gasteiger partial charge in [0.1, 0.15) is 0 Å². The predicted molar refractivity (Wildman–Crippen MR) is 289 cm³/mol. The normalized spacial score (nSPS) is 12.5. The van der Waals surface area contributed by atoms with Crippen molar-refractivity contribution in [2.75, 3.05) is 0 Å². The van der Waals surface area contributed by atoms with Gasteiger partial charge in [-0.15, -0.1) is 0 Å². The fourth-order valence-corrected chi connectivity index (χ4v) is 11.3. The van der Waals surface area contributed by atoms with Crippen LogP contribution in [0.2, 0.25) is 0 Å². The summed E-state index contributed by atoms with van der Waals surface area (Å²) in [6.07, 6.45) is 3.28. The van der Waals surface area contributed by atoms with E-state index in [0.29, 0.717) is 0 Å². The molecule has 0 nitrogen and oxygen atoms in total. The Hall–Kier alpha value is -8.32. The zero-order valence-corrected chi connectivity index (χ0v) is 37.9. The van der Waals surface area contributed by atoms with Crippen LogP contribution in [0.4, 0.5) is 0 Å². The highest BCUT2D eigenvalue weighted by Crippen LogP contribution is 2.38. The molecule has 0 aromatic heterocycles. The molecule has 0 amide bonds. The molecule has 0 saturated carbocycles. The van der Waals surface area contributed by atoms with Crippen molar-refractivity contribution in [1.29, 1.82) is 0 Å². The maximum atomic E-state index is 2.48. The summed E-state index contributed by atoms with van der Waals surface area (Å²) in [5.41, 5.74) is 20.7. The van der Waals surface area contributed by atoms with Crippen LogP contribution < -0.4 is 0 Å². The van der Waals surface area contributed by atoms with E-state index < -0.39 is 0 Å². The highest BCUT2D eigenvalue weighted by molar-refractivity contribution is 6.00. The zero-order chi connectivity index (χ0) is 45.0. The third-order valence-corrected chi connectivity index (χ3v) is 14.2. The van der Waals surface area contributed by atoms with Gasteiger partial charge in [-0.05, 0) is 158 Å². The molecule has 12 aromatic rings. The fraction of sp³-hybridized carbons (Fsp3) is 0.0588. The molecule has 1 aliphatic rings. The van der Waals surface area contributed by atoms with Crippen LogP contribution in [0.15, 0.2) is 243 Å². The highest BCUT2D eigenvalue weighted by atomic mass is 14.2. The van der Waals surface area contributed by atoms with Crippen LogP contribution in [0.1, 0.15) is 44.5 Å². The zero-order valence-electron chi connectivity index (χ0n) is 37.9. The Morgan fingerprint density at radius 3 is 0.588 bits per heavy atom. The molecule has 1 aliphatic carbocycles. The number of fused-ring (bicyclic) bond motifs is 12. The van der Waals surface area contributed by atoms with Gasteiger partial charge in [0.05, 0.1) is 0 Å². The predicted octanol–water partition coefficient (Wildman–Crippen LogP) is 17.6. The summed E-state index contributed by atoms with van der Waals surface area (Å²) in [6, 6.07) is 91.8. The van der Waals surface area contributed by atoms with Gasteiger partial charge in [-0.25, -0.2) is 0 Å². The van der Waals surface area contributed by atoms with E-state index in [4.69, 9.17) is 0 Å². The van der Waals surface area contributed by atoms with Crippen molar-refractivity contribution in [3.63, 3.8) is 0 Å². The van der Waals surface area contributed by atoms with Crippen LogP contribution in [-0.4, -0.2) is 0 Å². The fourth-order valence-electron chi connectivity index (χ4n) is 11.3.